The van der Waals surface area contributed by atoms with E-state index < -0.39 is 5.97 Å². The maximum absolute atomic E-state index is 10.2. The van der Waals surface area contributed by atoms with E-state index in [-0.39, 0.29) is 0 Å². The molecule has 0 amide bonds. The summed E-state index contributed by atoms with van der Waals surface area (Å²) in [6, 6.07) is 0. The first-order valence-corrected chi connectivity index (χ1v) is 2.95. The summed E-state index contributed by atoms with van der Waals surface area (Å²) in [4.78, 5) is 10.2. The van der Waals surface area contributed by atoms with Crippen LogP contribution in [0.1, 0.15) is 20.8 Å². The summed E-state index contributed by atoms with van der Waals surface area (Å²) < 4.78 is 0. The Morgan fingerprint density at radius 1 is 1.56 bits per heavy atom. The first-order chi connectivity index (χ1) is 4.04. The number of hydrogen-bond acceptors (Lipinski definition) is 1. The number of carboxylic acid groups (broad SMARTS) is 1. The Hall–Kier alpha value is -0.790. The molecule has 0 spiro atoms. The van der Waals surface area contributed by atoms with E-state index in [9.17, 15) is 4.79 Å². The summed E-state index contributed by atoms with van der Waals surface area (Å²) >= 11 is 0. The van der Waals surface area contributed by atoms with Gasteiger partial charge in [0.05, 0.1) is 0 Å². The molecule has 2 heteroatoms. The molecule has 0 atom stereocenters. The van der Waals surface area contributed by atoms with Gasteiger partial charge in [-0.25, -0.2) is 4.79 Å². The first-order valence-electron chi connectivity index (χ1n) is 2.95. The van der Waals surface area contributed by atoms with Crippen LogP contribution in [-0.2, 0) is 4.79 Å². The molecule has 0 aliphatic rings. The SMILES string of the molecule is C/C(=C/C(C)C)C(=O)O. The van der Waals surface area contributed by atoms with Crippen LogP contribution in [0.15, 0.2) is 11.6 Å². The predicted octanol–water partition coefficient (Wildman–Crippen LogP) is 1.67. The van der Waals surface area contributed by atoms with E-state index in [4.69, 9.17) is 5.11 Å². The van der Waals surface area contributed by atoms with Crippen LogP contribution in [0.25, 0.3) is 0 Å². The van der Waals surface area contributed by atoms with Crippen LogP contribution < -0.4 is 0 Å². The molecular weight excluding hydrogens is 116 g/mol. The van der Waals surface area contributed by atoms with Crippen LogP contribution in [-0.4, -0.2) is 11.1 Å². The Morgan fingerprint density at radius 2 is 2.00 bits per heavy atom. The summed E-state index contributed by atoms with van der Waals surface area (Å²) in [7, 11) is 0. The smallest absolute Gasteiger partial charge is 0.330 e. The third-order valence-corrected chi connectivity index (χ3v) is 0.921. The highest BCUT2D eigenvalue weighted by Gasteiger charge is 1.98. The molecule has 1 N–H and O–H groups in total. The fraction of sp³-hybridized carbons (Fsp3) is 0.571. The molecule has 0 bridgehead atoms. The molecule has 0 fully saturated rings. The zero-order chi connectivity index (χ0) is 7.44. The van der Waals surface area contributed by atoms with Crippen molar-refractivity contribution in [3.8, 4) is 0 Å². The number of carboxylic acids is 1. The molecule has 0 aromatic rings. The van der Waals surface area contributed by atoms with Gasteiger partial charge in [0.1, 0.15) is 0 Å². The molecule has 0 rings (SSSR count). The third kappa shape index (κ3) is 3.76. The molecule has 0 saturated heterocycles. The van der Waals surface area contributed by atoms with Crippen molar-refractivity contribution < 1.29 is 9.90 Å². The van der Waals surface area contributed by atoms with Crippen molar-refractivity contribution in [2.24, 2.45) is 5.92 Å². The maximum Gasteiger partial charge on any atom is 0.330 e. The Morgan fingerprint density at radius 3 is 2.11 bits per heavy atom. The average Bonchev–Trinajstić information content (AvgIpc) is 1.63. The lowest BCUT2D eigenvalue weighted by atomic mass is 10.1. The second-order valence-corrected chi connectivity index (χ2v) is 2.40. The fourth-order valence-electron chi connectivity index (χ4n) is 0.571. The molecule has 0 unspecified atom stereocenters. The van der Waals surface area contributed by atoms with Crippen molar-refractivity contribution in [1.29, 1.82) is 0 Å². The van der Waals surface area contributed by atoms with Gasteiger partial charge in [0.15, 0.2) is 0 Å². The molecule has 0 radical (unpaired) electrons. The van der Waals surface area contributed by atoms with E-state index in [1.165, 1.54) is 0 Å². The van der Waals surface area contributed by atoms with Crippen LogP contribution in [0.2, 0.25) is 0 Å². The van der Waals surface area contributed by atoms with Crippen LogP contribution >= 0.6 is 0 Å². The van der Waals surface area contributed by atoms with E-state index in [1.807, 2.05) is 13.8 Å². The van der Waals surface area contributed by atoms with Gasteiger partial charge in [-0.1, -0.05) is 19.9 Å². The minimum Gasteiger partial charge on any atom is -0.478 e. The second-order valence-electron chi connectivity index (χ2n) is 2.40. The van der Waals surface area contributed by atoms with Crippen molar-refractivity contribution in [2.75, 3.05) is 0 Å². The average molecular weight is 128 g/mol. The lowest BCUT2D eigenvalue weighted by Crippen LogP contribution is -1.97. The molecule has 0 heterocycles. The second kappa shape index (κ2) is 3.28. The summed E-state index contributed by atoms with van der Waals surface area (Å²) in [5.41, 5.74) is 0.421. The molecule has 0 aliphatic carbocycles. The molecule has 0 aliphatic heterocycles. The summed E-state index contributed by atoms with van der Waals surface area (Å²) in [6.45, 7) is 5.50. The van der Waals surface area contributed by atoms with Crippen molar-refractivity contribution in [3.05, 3.63) is 11.6 Å². The zero-order valence-electron chi connectivity index (χ0n) is 6.01. The van der Waals surface area contributed by atoms with E-state index in [1.54, 1.807) is 13.0 Å². The number of rotatable bonds is 2. The zero-order valence-corrected chi connectivity index (χ0v) is 6.01. The number of aliphatic carboxylic acids is 1. The monoisotopic (exact) mass is 128 g/mol. The van der Waals surface area contributed by atoms with Gasteiger partial charge < -0.3 is 5.11 Å². The molecule has 9 heavy (non-hydrogen) atoms. The van der Waals surface area contributed by atoms with Gasteiger partial charge in [-0.15, -0.1) is 0 Å². The summed E-state index contributed by atoms with van der Waals surface area (Å²) in [5.74, 6) is -0.509. The predicted molar refractivity (Wildman–Crippen MR) is 36.2 cm³/mol. The van der Waals surface area contributed by atoms with E-state index >= 15 is 0 Å². The minimum atomic E-state index is -0.830. The Kier molecular flexibility index (Phi) is 2.99. The van der Waals surface area contributed by atoms with Gasteiger partial charge in [0.2, 0.25) is 0 Å². The summed E-state index contributed by atoms with van der Waals surface area (Å²) in [5, 5.41) is 8.36. The lowest BCUT2D eigenvalue weighted by Gasteiger charge is -1.95. The number of hydrogen-bond donors (Lipinski definition) is 1. The minimum absolute atomic E-state index is 0.320. The van der Waals surface area contributed by atoms with Crippen molar-refractivity contribution in [1.82, 2.24) is 0 Å². The van der Waals surface area contributed by atoms with Crippen LogP contribution in [0.3, 0.4) is 0 Å². The van der Waals surface area contributed by atoms with Crippen molar-refractivity contribution in [2.45, 2.75) is 20.8 Å². The van der Waals surface area contributed by atoms with Crippen molar-refractivity contribution >= 4 is 5.97 Å². The van der Waals surface area contributed by atoms with Gasteiger partial charge in [0.25, 0.3) is 0 Å². The van der Waals surface area contributed by atoms with Crippen LogP contribution in [0, 0.1) is 5.92 Å². The Bertz CT molecular complexity index is 134. The third-order valence-electron chi connectivity index (χ3n) is 0.921. The molecule has 0 aromatic carbocycles. The number of carbonyl (C=O) groups is 1. The van der Waals surface area contributed by atoms with Crippen LogP contribution in [0.4, 0.5) is 0 Å². The summed E-state index contributed by atoms with van der Waals surface area (Å²) in [6.07, 6.45) is 1.72. The molecule has 52 valence electrons. The maximum atomic E-state index is 10.2. The topological polar surface area (TPSA) is 37.3 Å². The van der Waals surface area contributed by atoms with Gasteiger partial charge in [-0.2, -0.15) is 0 Å². The highest BCUT2D eigenvalue weighted by molar-refractivity contribution is 5.85. The highest BCUT2D eigenvalue weighted by Crippen LogP contribution is 2.00. The van der Waals surface area contributed by atoms with Gasteiger partial charge in [-0.05, 0) is 12.8 Å². The Labute approximate surface area is 55.2 Å². The normalized spacial score (nSPS) is 12.2. The quantitative estimate of drug-likeness (QED) is 0.574. The standard InChI is InChI=1S/C7H12O2/c1-5(2)4-6(3)7(8)9/h4-5H,1-3H3,(H,8,9)/b6-4-. The molecule has 0 saturated carbocycles. The lowest BCUT2D eigenvalue weighted by molar-refractivity contribution is -0.132. The van der Waals surface area contributed by atoms with Crippen LogP contribution in [0.5, 0.6) is 0 Å². The van der Waals surface area contributed by atoms with Gasteiger partial charge in [-0.3, -0.25) is 0 Å². The van der Waals surface area contributed by atoms with Crippen molar-refractivity contribution in [3.63, 3.8) is 0 Å². The van der Waals surface area contributed by atoms with Gasteiger partial charge >= 0.3 is 5.97 Å². The highest BCUT2D eigenvalue weighted by atomic mass is 16.4. The van der Waals surface area contributed by atoms with E-state index in [0.29, 0.717) is 11.5 Å². The molecule has 2 nitrogen and oxygen atoms in total. The van der Waals surface area contributed by atoms with E-state index in [0.717, 1.165) is 0 Å². The first kappa shape index (κ1) is 8.21. The number of allylic oxidation sites excluding steroid dienone is 1. The van der Waals surface area contributed by atoms with E-state index in [2.05, 4.69) is 0 Å². The largest absolute Gasteiger partial charge is 0.478 e. The Balaban J connectivity index is 4.00. The van der Waals surface area contributed by atoms with Gasteiger partial charge in [0, 0.05) is 5.57 Å². The molecule has 0 aromatic heterocycles. The fourth-order valence-corrected chi connectivity index (χ4v) is 0.571. The molecular formula is C7H12O2.